The number of piperidine rings is 1. The summed E-state index contributed by atoms with van der Waals surface area (Å²) in [5.41, 5.74) is 0.390. The second-order valence-electron chi connectivity index (χ2n) is 10.9. The first-order valence-corrected chi connectivity index (χ1v) is 13.4. The van der Waals surface area contributed by atoms with Crippen molar-refractivity contribution in [3.8, 4) is 5.75 Å². The molecule has 0 radical (unpaired) electrons. The lowest BCUT2D eigenvalue weighted by molar-refractivity contribution is -0.917. The number of hydrogen-bond acceptors (Lipinski definition) is 4. The van der Waals surface area contributed by atoms with E-state index < -0.39 is 11.0 Å². The Balaban J connectivity index is 1.66. The van der Waals surface area contributed by atoms with Crippen molar-refractivity contribution in [2.45, 2.75) is 56.1 Å². The van der Waals surface area contributed by atoms with E-state index in [1.807, 2.05) is 18.2 Å². The fraction of sp³-hybridized carbons (Fsp3) is 0.448. The van der Waals surface area contributed by atoms with E-state index in [9.17, 15) is 14.7 Å². The Hall–Kier alpha value is -2.54. The number of amides is 1. The highest BCUT2D eigenvalue weighted by Crippen LogP contribution is 2.55. The molecule has 4 atom stereocenters. The number of phenolic OH excluding ortho intramolecular Hbond substituents is 1. The van der Waals surface area contributed by atoms with Gasteiger partial charge in [-0.2, -0.15) is 0 Å². The molecule has 0 spiro atoms. The van der Waals surface area contributed by atoms with Gasteiger partial charge in [0.2, 0.25) is 5.91 Å². The Morgan fingerprint density at radius 1 is 1.22 bits per heavy atom. The average molecular weight is 547 g/mol. The average Bonchev–Trinajstić information content (AvgIpc) is 2.81. The molecule has 2 aliphatic rings. The van der Waals surface area contributed by atoms with Crippen molar-refractivity contribution in [1.82, 2.24) is 5.32 Å². The molecule has 198 valence electrons. The first-order valence-electron chi connectivity index (χ1n) is 12.7. The molecule has 4 rings (SSSR count). The number of likely N-dealkylation sites (N-methyl/N-ethyl adjacent to an activating group) is 1. The summed E-state index contributed by atoms with van der Waals surface area (Å²) in [5.74, 6) is -0.250. The summed E-state index contributed by atoms with van der Waals surface area (Å²) in [7, 11) is 2.17. The molecule has 2 aromatic carbocycles. The van der Waals surface area contributed by atoms with Crippen LogP contribution in [-0.2, 0) is 26.2 Å². The summed E-state index contributed by atoms with van der Waals surface area (Å²) in [6.45, 7) is 7.66. The number of rotatable bonds is 7. The van der Waals surface area contributed by atoms with Crippen molar-refractivity contribution in [3.05, 3.63) is 76.3 Å². The number of halogens is 2. The molecule has 1 aliphatic carbocycles. The molecular weight excluding hydrogens is 511 g/mol. The normalized spacial score (nSPS) is 29.1. The van der Waals surface area contributed by atoms with Crippen LogP contribution in [0, 0.1) is 0 Å². The number of fused-ring (bicyclic) bond motifs is 1. The second kappa shape index (κ2) is 10.7. The van der Waals surface area contributed by atoms with E-state index in [2.05, 4.69) is 18.9 Å². The van der Waals surface area contributed by atoms with Crippen LogP contribution in [0.3, 0.4) is 0 Å². The van der Waals surface area contributed by atoms with Gasteiger partial charge < -0.3 is 19.6 Å². The quantitative estimate of drug-likeness (QED) is 0.285. The minimum Gasteiger partial charge on any atom is -0.508 e. The molecule has 2 fully saturated rings. The third-order valence-corrected chi connectivity index (χ3v) is 8.84. The maximum absolute atomic E-state index is 13.1. The third-order valence-electron chi connectivity index (χ3n) is 8.10. The summed E-state index contributed by atoms with van der Waals surface area (Å²) >= 11 is 12.2. The summed E-state index contributed by atoms with van der Waals surface area (Å²) in [4.78, 5) is 25.5. The Morgan fingerprint density at radius 3 is 2.68 bits per heavy atom. The lowest BCUT2D eigenvalue weighted by atomic mass is 9.54. The summed E-state index contributed by atoms with van der Waals surface area (Å²) in [5, 5.41) is 14.5. The van der Waals surface area contributed by atoms with Gasteiger partial charge in [0.1, 0.15) is 12.3 Å². The van der Waals surface area contributed by atoms with E-state index in [1.165, 1.54) is 6.92 Å². The number of ether oxygens (including phenoxy) is 1. The molecule has 2 N–H and O–H groups in total. The van der Waals surface area contributed by atoms with Crippen molar-refractivity contribution >= 4 is 35.1 Å². The number of carbonyl (C=O) groups is 2. The van der Waals surface area contributed by atoms with E-state index in [4.69, 9.17) is 27.9 Å². The highest BCUT2D eigenvalue weighted by atomic mass is 35.5. The number of aromatic hydroxyl groups is 1. The lowest BCUT2D eigenvalue weighted by Crippen LogP contribution is -2.72. The molecular formula is C29H35Cl2N2O4+. The number of likely N-dealkylation sites (tertiary alicyclic amines) is 1. The molecule has 0 aromatic heterocycles. The van der Waals surface area contributed by atoms with Gasteiger partial charge in [0.15, 0.2) is 5.60 Å². The van der Waals surface area contributed by atoms with Crippen LogP contribution in [-0.4, -0.2) is 59.8 Å². The Kier molecular flexibility index (Phi) is 7.93. The topological polar surface area (TPSA) is 75.6 Å². The molecule has 1 unspecified atom stereocenters. The molecule has 1 saturated carbocycles. The smallest absolute Gasteiger partial charge is 0.303 e. The van der Waals surface area contributed by atoms with Gasteiger partial charge in [-0.05, 0) is 60.7 Å². The minimum absolute atomic E-state index is 0.0995. The fourth-order valence-corrected chi connectivity index (χ4v) is 6.88. The molecule has 0 bridgehead atoms. The van der Waals surface area contributed by atoms with Gasteiger partial charge in [-0.25, -0.2) is 0 Å². The van der Waals surface area contributed by atoms with E-state index >= 15 is 0 Å². The number of nitrogens with one attached hydrogen (secondary N) is 1. The first-order chi connectivity index (χ1) is 17.5. The monoisotopic (exact) mass is 545 g/mol. The van der Waals surface area contributed by atoms with Crippen LogP contribution in [0.1, 0.15) is 43.7 Å². The van der Waals surface area contributed by atoms with Gasteiger partial charge in [0.25, 0.3) is 0 Å². The van der Waals surface area contributed by atoms with Gasteiger partial charge in [-0.15, -0.1) is 0 Å². The predicted octanol–water partition coefficient (Wildman–Crippen LogP) is 5.19. The zero-order chi connectivity index (χ0) is 26.8. The zero-order valence-electron chi connectivity index (χ0n) is 21.4. The van der Waals surface area contributed by atoms with Crippen LogP contribution in [0.25, 0.3) is 0 Å². The van der Waals surface area contributed by atoms with Crippen molar-refractivity contribution < 1.29 is 23.9 Å². The highest BCUT2D eigenvalue weighted by molar-refractivity contribution is 6.42. The van der Waals surface area contributed by atoms with E-state index in [-0.39, 0.29) is 30.1 Å². The van der Waals surface area contributed by atoms with Crippen LogP contribution in [0.15, 0.2) is 55.1 Å². The van der Waals surface area contributed by atoms with Crippen LogP contribution in [0.4, 0.5) is 0 Å². The molecule has 8 heteroatoms. The Labute approximate surface area is 228 Å². The van der Waals surface area contributed by atoms with E-state index in [0.717, 1.165) is 30.6 Å². The number of hydrogen-bond donors (Lipinski definition) is 2. The maximum Gasteiger partial charge on any atom is 0.303 e. The van der Waals surface area contributed by atoms with Gasteiger partial charge in [-0.3, -0.25) is 9.59 Å². The molecule has 2 aromatic rings. The Morgan fingerprint density at radius 2 is 2.00 bits per heavy atom. The number of carbonyl (C=O) groups excluding carboxylic acids is 2. The predicted molar refractivity (Wildman–Crippen MR) is 146 cm³/mol. The molecule has 1 aliphatic heterocycles. The highest BCUT2D eigenvalue weighted by Gasteiger charge is 2.64. The number of quaternary nitrogens is 1. The number of benzene rings is 2. The van der Waals surface area contributed by atoms with Crippen molar-refractivity contribution in [2.75, 3.05) is 26.7 Å². The second-order valence-corrected chi connectivity index (χ2v) is 11.7. The third kappa shape index (κ3) is 5.66. The van der Waals surface area contributed by atoms with Crippen molar-refractivity contribution in [3.63, 3.8) is 0 Å². The van der Waals surface area contributed by atoms with Crippen LogP contribution in [0.5, 0.6) is 5.75 Å². The Bertz CT molecular complexity index is 1200. The van der Waals surface area contributed by atoms with Crippen LogP contribution >= 0.6 is 23.2 Å². The molecule has 1 saturated heterocycles. The first kappa shape index (κ1) is 27.5. The summed E-state index contributed by atoms with van der Waals surface area (Å²) in [6.07, 6.45) is 4.73. The molecule has 6 nitrogen and oxygen atoms in total. The number of nitrogens with zero attached hydrogens (tertiary/aromatic N) is 1. The summed E-state index contributed by atoms with van der Waals surface area (Å²) in [6, 6.07) is 12.3. The van der Waals surface area contributed by atoms with E-state index in [0.29, 0.717) is 40.3 Å². The summed E-state index contributed by atoms with van der Waals surface area (Å²) < 4.78 is 7.00. The van der Waals surface area contributed by atoms with Crippen LogP contribution in [0.2, 0.25) is 10.0 Å². The van der Waals surface area contributed by atoms with Crippen molar-refractivity contribution in [1.29, 1.82) is 0 Å². The molecule has 1 amide bonds. The number of phenols is 1. The van der Waals surface area contributed by atoms with Crippen LogP contribution < -0.4 is 5.32 Å². The van der Waals surface area contributed by atoms with Gasteiger partial charge in [0, 0.05) is 24.8 Å². The van der Waals surface area contributed by atoms with Gasteiger partial charge >= 0.3 is 5.97 Å². The largest absolute Gasteiger partial charge is 0.508 e. The lowest BCUT2D eigenvalue weighted by Gasteiger charge is -2.60. The van der Waals surface area contributed by atoms with Crippen molar-refractivity contribution in [2.24, 2.45) is 0 Å². The zero-order valence-corrected chi connectivity index (χ0v) is 22.9. The minimum atomic E-state index is -0.770. The molecule has 1 heterocycles. The maximum atomic E-state index is 13.1. The van der Waals surface area contributed by atoms with E-state index in [1.54, 1.807) is 30.3 Å². The number of esters is 1. The standard InChI is InChI=1S/C29H34Cl2N2O4/c1-4-13-33(3)14-12-28(22-6-5-7-24(35)17-22)18-23(10-11-29(28,19-33)37-20(2)34)32-27(36)16-21-8-9-25(30)26(31)15-21/h4-9,15,17,23H,1,10-14,16,18-19H2,2-3H3,(H-,32,35,36)/p+1/t23-,28-,29?,33-/m0/s1. The fourth-order valence-electron chi connectivity index (χ4n) is 6.56. The SMILES string of the molecule is C=CC[N@@+]1(C)CC[C@@]2(c3cccc(O)c3)C[C@@H](NC(=O)Cc3ccc(Cl)c(Cl)c3)CCC2(OC(C)=O)C1. The van der Waals surface area contributed by atoms with Gasteiger partial charge in [-0.1, -0.05) is 48.0 Å². The molecule has 37 heavy (non-hydrogen) atoms. The van der Waals surface area contributed by atoms with Gasteiger partial charge in [0.05, 0.1) is 36.6 Å².